The summed E-state index contributed by atoms with van der Waals surface area (Å²) in [6.07, 6.45) is 4.32. The van der Waals surface area contributed by atoms with E-state index in [9.17, 15) is 14.4 Å². The Morgan fingerprint density at radius 2 is 2.06 bits per heavy atom. The van der Waals surface area contributed by atoms with E-state index in [1.807, 2.05) is 12.1 Å². The van der Waals surface area contributed by atoms with Gasteiger partial charge in [0.1, 0.15) is 25.4 Å². The number of rotatable bonds is 14. The van der Waals surface area contributed by atoms with Crippen molar-refractivity contribution >= 4 is 17.9 Å². The highest BCUT2D eigenvalue weighted by Gasteiger charge is 2.48. The molecule has 0 saturated carbocycles. The predicted octanol–water partition coefficient (Wildman–Crippen LogP) is 0.937. The molecule has 1 unspecified atom stereocenters. The molecular weight excluding hydrogens is 440 g/mol. The number of hydrogen-bond donors (Lipinski definition) is 1. The van der Waals surface area contributed by atoms with Gasteiger partial charge in [-0.15, -0.1) is 0 Å². The topological polar surface area (TPSA) is 118 Å². The van der Waals surface area contributed by atoms with E-state index in [1.165, 1.54) is 6.08 Å². The molecule has 11 heteroatoms. The minimum Gasteiger partial charge on any atom is -0.445 e. The van der Waals surface area contributed by atoms with Gasteiger partial charge in [0.05, 0.1) is 19.2 Å². The highest BCUT2D eigenvalue weighted by molar-refractivity contribution is 5.90. The molecule has 11 nitrogen and oxygen atoms in total. The van der Waals surface area contributed by atoms with Gasteiger partial charge in [0.15, 0.2) is 0 Å². The number of hydrazine groups is 1. The number of unbranched alkanes of at least 4 members (excludes halogenated alkanes) is 1. The van der Waals surface area contributed by atoms with Crippen molar-refractivity contribution in [3.8, 4) is 6.07 Å². The molecule has 0 aliphatic carbocycles. The SMILES string of the molecule is C=CCOC(=O)NCCC[C@H]1C(=O)N(CCCOCCCC)CC2N1C(=O)CN(CC#N)N2C. The molecule has 2 saturated heterocycles. The van der Waals surface area contributed by atoms with Crippen LogP contribution in [0.4, 0.5) is 4.79 Å². The molecule has 0 spiro atoms. The second-order valence-corrected chi connectivity index (χ2v) is 8.41. The second-order valence-electron chi connectivity index (χ2n) is 8.41. The van der Waals surface area contributed by atoms with Gasteiger partial charge < -0.3 is 24.6 Å². The van der Waals surface area contributed by atoms with Crippen molar-refractivity contribution in [2.75, 3.05) is 59.6 Å². The summed E-state index contributed by atoms with van der Waals surface area (Å²) in [5, 5.41) is 15.4. The van der Waals surface area contributed by atoms with Crippen molar-refractivity contribution in [1.82, 2.24) is 25.1 Å². The molecule has 2 aliphatic heterocycles. The summed E-state index contributed by atoms with van der Waals surface area (Å²) in [7, 11) is 1.84. The number of nitrogens with one attached hydrogen (secondary N) is 1. The average Bonchev–Trinajstić information content (AvgIpc) is 2.82. The lowest BCUT2D eigenvalue weighted by atomic mass is 10.0. The van der Waals surface area contributed by atoms with Gasteiger partial charge in [-0.3, -0.25) is 9.59 Å². The number of ether oxygens (including phenoxy) is 2. The van der Waals surface area contributed by atoms with Crippen molar-refractivity contribution < 1.29 is 23.9 Å². The first-order valence-corrected chi connectivity index (χ1v) is 12.0. The smallest absolute Gasteiger partial charge is 0.407 e. The monoisotopic (exact) mass is 478 g/mol. The molecule has 0 aromatic rings. The number of alkyl carbamates (subject to hydrolysis) is 1. The van der Waals surface area contributed by atoms with Crippen LogP contribution in [0.3, 0.4) is 0 Å². The Morgan fingerprint density at radius 3 is 2.76 bits per heavy atom. The first kappa shape index (κ1) is 27.6. The van der Waals surface area contributed by atoms with E-state index >= 15 is 0 Å². The highest BCUT2D eigenvalue weighted by Crippen LogP contribution is 2.27. The third-order valence-corrected chi connectivity index (χ3v) is 5.99. The predicted molar refractivity (Wildman–Crippen MR) is 125 cm³/mol. The third-order valence-electron chi connectivity index (χ3n) is 5.99. The van der Waals surface area contributed by atoms with Gasteiger partial charge in [0.2, 0.25) is 11.8 Å². The van der Waals surface area contributed by atoms with Gasteiger partial charge in [-0.25, -0.2) is 14.8 Å². The highest BCUT2D eigenvalue weighted by atomic mass is 16.5. The maximum Gasteiger partial charge on any atom is 0.407 e. The number of nitrogens with zero attached hydrogens (tertiary/aromatic N) is 5. The molecule has 2 fully saturated rings. The van der Waals surface area contributed by atoms with Crippen LogP contribution in [0.5, 0.6) is 0 Å². The van der Waals surface area contributed by atoms with E-state index in [4.69, 9.17) is 14.7 Å². The largest absolute Gasteiger partial charge is 0.445 e. The average molecular weight is 479 g/mol. The quantitative estimate of drug-likeness (QED) is 0.223. The number of hydrogen-bond acceptors (Lipinski definition) is 8. The molecule has 0 bridgehead atoms. The van der Waals surface area contributed by atoms with Gasteiger partial charge in [-0.2, -0.15) is 5.26 Å². The van der Waals surface area contributed by atoms with Crippen LogP contribution in [0.2, 0.25) is 0 Å². The molecule has 2 rings (SSSR count). The van der Waals surface area contributed by atoms with Gasteiger partial charge in [-0.05, 0) is 25.7 Å². The molecule has 0 aromatic carbocycles. The summed E-state index contributed by atoms with van der Waals surface area (Å²) in [5.74, 6) is -0.257. The third kappa shape index (κ3) is 7.68. The molecule has 3 amide bonds. The minimum absolute atomic E-state index is 0.0573. The number of nitriles is 1. The molecular formula is C23H38N6O5. The number of carbonyl (C=O) groups excluding carboxylic acids is 3. The summed E-state index contributed by atoms with van der Waals surface area (Å²) in [5.41, 5.74) is 0. The number of amides is 3. The Balaban J connectivity index is 2.03. The molecule has 2 atom stereocenters. The van der Waals surface area contributed by atoms with Gasteiger partial charge in [0.25, 0.3) is 0 Å². The lowest BCUT2D eigenvalue weighted by Crippen LogP contribution is -2.74. The van der Waals surface area contributed by atoms with Crippen molar-refractivity contribution in [3.05, 3.63) is 12.7 Å². The Hall–Kier alpha value is -2.68. The first-order valence-electron chi connectivity index (χ1n) is 12.0. The zero-order valence-corrected chi connectivity index (χ0v) is 20.4. The van der Waals surface area contributed by atoms with E-state index in [0.29, 0.717) is 52.1 Å². The van der Waals surface area contributed by atoms with E-state index in [-0.39, 0.29) is 37.7 Å². The van der Waals surface area contributed by atoms with Crippen LogP contribution in [0.25, 0.3) is 0 Å². The standard InChI is InChI=1S/C23H38N6O5/c1-4-6-15-33-16-8-12-27-17-20-26(3)28(13-10-24)18-21(30)29(20)19(22(27)31)9-7-11-25-23(32)34-14-5-2/h5,19-20H,2,4,6-9,11-18H2,1,3H3,(H,25,32)/t19-,20?/m0/s1. The van der Waals surface area contributed by atoms with Crippen molar-refractivity contribution in [2.24, 2.45) is 0 Å². The summed E-state index contributed by atoms with van der Waals surface area (Å²) in [6.45, 7) is 8.43. The van der Waals surface area contributed by atoms with E-state index in [0.717, 1.165) is 12.8 Å². The molecule has 34 heavy (non-hydrogen) atoms. The maximum atomic E-state index is 13.4. The molecule has 2 heterocycles. The summed E-state index contributed by atoms with van der Waals surface area (Å²) >= 11 is 0. The van der Waals surface area contributed by atoms with Gasteiger partial charge in [-0.1, -0.05) is 26.0 Å². The van der Waals surface area contributed by atoms with Crippen LogP contribution in [0, 0.1) is 11.3 Å². The summed E-state index contributed by atoms with van der Waals surface area (Å²) < 4.78 is 10.5. The normalized spacial score (nSPS) is 21.2. The Morgan fingerprint density at radius 1 is 1.29 bits per heavy atom. The fraction of sp³-hybridized carbons (Fsp3) is 0.739. The fourth-order valence-electron chi connectivity index (χ4n) is 4.18. The zero-order chi connectivity index (χ0) is 24.9. The lowest BCUT2D eigenvalue weighted by molar-refractivity contribution is -0.195. The van der Waals surface area contributed by atoms with Gasteiger partial charge in [0, 0.05) is 33.4 Å². The molecule has 2 aliphatic rings. The number of likely N-dealkylation sites (N-methyl/N-ethyl adjacent to an activating group) is 1. The molecule has 0 radical (unpaired) electrons. The Labute approximate surface area is 202 Å². The van der Waals surface area contributed by atoms with Crippen LogP contribution in [-0.4, -0.2) is 110 Å². The Bertz CT molecular complexity index is 742. The fourth-order valence-corrected chi connectivity index (χ4v) is 4.18. The summed E-state index contributed by atoms with van der Waals surface area (Å²) in [6, 6.07) is 1.48. The number of piperazine rings is 1. The van der Waals surface area contributed by atoms with Crippen molar-refractivity contribution in [2.45, 2.75) is 51.2 Å². The number of carbonyl (C=O) groups is 3. The van der Waals surface area contributed by atoms with E-state index in [1.54, 1.807) is 14.8 Å². The van der Waals surface area contributed by atoms with Gasteiger partial charge >= 0.3 is 6.09 Å². The first-order chi connectivity index (χ1) is 16.4. The molecule has 190 valence electrons. The van der Waals surface area contributed by atoms with Crippen LogP contribution in [0.15, 0.2) is 12.7 Å². The molecule has 0 aromatic heterocycles. The second kappa shape index (κ2) is 14.6. The molecule has 1 N–H and O–H groups in total. The number of fused-ring (bicyclic) bond motifs is 1. The van der Waals surface area contributed by atoms with Crippen LogP contribution in [0.1, 0.15) is 39.0 Å². The van der Waals surface area contributed by atoms with E-state index in [2.05, 4.69) is 24.9 Å². The van der Waals surface area contributed by atoms with Crippen molar-refractivity contribution in [3.63, 3.8) is 0 Å². The van der Waals surface area contributed by atoms with Crippen LogP contribution in [-0.2, 0) is 19.1 Å². The minimum atomic E-state index is -0.620. The lowest BCUT2D eigenvalue weighted by Gasteiger charge is -2.54. The van der Waals surface area contributed by atoms with E-state index < -0.39 is 12.1 Å². The van der Waals surface area contributed by atoms with Crippen molar-refractivity contribution in [1.29, 1.82) is 5.26 Å². The maximum absolute atomic E-state index is 13.4. The van der Waals surface area contributed by atoms with Crippen LogP contribution >= 0.6 is 0 Å². The van der Waals surface area contributed by atoms with Crippen LogP contribution < -0.4 is 5.32 Å². The zero-order valence-electron chi connectivity index (χ0n) is 20.4. The summed E-state index contributed by atoms with van der Waals surface area (Å²) in [4.78, 5) is 41.4. The Kier molecular flexibility index (Phi) is 11.8.